The molecule has 22 heavy (non-hydrogen) atoms. The molecule has 2 amide bonds. The lowest BCUT2D eigenvalue weighted by molar-refractivity contribution is -0.131. The molecule has 4 nitrogen and oxygen atoms in total. The normalized spacial score (nSPS) is 12.1. The first-order valence-electron chi connectivity index (χ1n) is 8.02. The molecule has 0 saturated carbocycles. The summed E-state index contributed by atoms with van der Waals surface area (Å²) in [5.74, 6) is 0.317. The van der Waals surface area contributed by atoms with E-state index < -0.39 is 0 Å². The molecule has 0 radical (unpaired) electrons. The first-order valence-corrected chi connectivity index (χ1v) is 8.02. The van der Waals surface area contributed by atoms with E-state index in [0.717, 1.165) is 17.7 Å². The fraction of sp³-hybridized carbons (Fsp3) is 0.556. The predicted molar refractivity (Wildman–Crippen MR) is 90.9 cm³/mol. The maximum absolute atomic E-state index is 12.2. The van der Waals surface area contributed by atoms with Crippen molar-refractivity contribution in [2.24, 2.45) is 0 Å². The van der Waals surface area contributed by atoms with Crippen LogP contribution in [0.5, 0.6) is 0 Å². The molecular formula is C18H28N2O2. The fourth-order valence-electron chi connectivity index (χ4n) is 2.46. The standard InChI is InChI=1S/C18H28N2O2/c1-6-14(4)20(15(5)21)12-11-18(22)19-17-10-8-7-9-16(17)13(2)3/h7-10,13-14H,6,11-12H2,1-5H3,(H,19,22). The number of nitrogens with one attached hydrogen (secondary N) is 1. The largest absolute Gasteiger partial charge is 0.340 e. The van der Waals surface area contributed by atoms with E-state index in [1.165, 1.54) is 0 Å². The van der Waals surface area contributed by atoms with Crippen LogP contribution >= 0.6 is 0 Å². The van der Waals surface area contributed by atoms with E-state index in [-0.39, 0.29) is 17.9 Å². The Morgan fingerprint density at radius 1 is 1.18 bits per heavy atom. The van der Waals surface area contributed by atoms with Gasteiger partial charge in [0.25, 0.3) is 0 Å². The van der Waals surface area contributed by atoms with Gasteiger partial charge in [-0.2, -0.15) is 0 Å². The van der Waals surface area contributed by atoms with Crippen molar-refractivity contribution in [1.29, 1.82) is 0 Å². The molecule has 1 unspecified atom stereocenters. The van der Waals surface area contributed by atoms with Crippen LogP contribution < -0.4 is 5.32 Å². The van der Waals surface area contributed by atoms with Crippen LogP contribution in [0, 0.1) is 0 Å². The van der Waals surface area contributed by atoms with E-state index in [9.17, 15) is 9.59 Å². The molecule has 122 valence electrons. The van der Waals surface area contributed by atoms with E-state index in [1.54, 1.807) is 11.8 Å². The van der Waals surface area contributed by atoms with Gasteiger partial charge in [-0.25, -0.2) is 0 Å². The van der Waals surface area contributed by atoms with Crippen molar-refractivity contribution < 1.29 is 9.59 Å². The zero-order chi connectivity index (χ0) is 16.7. The van der Waals surface area contributed by atoms with Crippen molar-refractivity contribution in [2.75, 3.05) is 11.9 Å². The molecule has 0 aliphatic heterocycles. The minimum absolute atomic E-state index is 0.0183. The smallest absolute Gasteiger partial charge is 0.226 e. The first-order chi connectivity index (χ1) is 10.4. The number of amides is 2. The molecule has 0 saturated heterocycles. The third-order valence-electron chi connectivity index (χ3n) is 3.96. The summed E-state index contributed by atoms with van der Waals surface area (Å²) in [7, 11) is 0. The summed E-state index contributed by atoms with van der Waals surface area (Å²) in [5.41, 5.74) is 1.99. The first kappa shape index (κ1) is 18.2. The molecule has 1 aromatic carbocycles. The summed E-state index contributed by atoms with van der Waals surface area (Å²) in [4.78, 5) is 25.6. The number of para-hydroxylation sites is 1. The van der Waals surface area contributed by atoms with Crippen molar-refractivity contribution >= 4 is 17.5 Å². The van der Waals surface area contributed by atoms with Crippen LogP contribution in [0.2, 0.25) is 0 Å². The molecule has 1 rings (SSSR count). The second kappa shape index (κ2) is 8.57. The molecule has 1 aromatic rings. The lowest BCUT2D eigenvalue weighted by atomic mass is 10.0. The van der Waals surface area contributed by atoms with Gasteiger partial charge in [0.1, 0.15) is 0 Å². The molecule has 0 aromatic heterocycles. The number of hydrogen-bond donors (Lipinski definition) is 1. The summed E-state index contributed by atoms with van der Waals surface area (Å²) >= 11 is 0. The van der Waals surface area contributed by atoms with Gasteiger partial charge >= 0.3 is 0 Å². The number of anilines is 1. The van der Waals surface area contributed by atoms with Gasteiger partial charge in [-0.3, -0.25) is 9.59 Å². The number of carbonyl (C=O) groups excluding carboxylic acids is 2. The van der Waals surface area contributed by atoms with Crippen molar-refractivity contribution in [1.82, 2.24) is 4.90 Å². The van der Waals surface area contributed by atoms with E-state index in [0.29, 0.717) is 18.9 Å². The average molecular weight is 304 g/mol. The van der Waals surface area contributed by atoms with Crippen molar-refractivity contribution in [3.05, 3.63) is 29.8 Å². The molecule has 0 aliphatic carbocycles. The summed E-state index contributed by atoms with van der Waals surface area (Å²) in [6.07, 6.45) is 1.20. The zero-order valence-electron chi connectivity index (χ0n) is 14.3. The SMILES string of the molecule is CCC(C)N(CCC(=O)Nc1ccccc1C(C)C)C(C)=O. The molecule has 0 heterocycles. The minimum Gasteiger partial charge on any atom is -0.340 e. The highest BCUT2D eigenvalue weighted by Crippen LogP contribution is 2.23. The Hall–Kier alpha value is -1.84. The maximum atomic E-state index is 12.2. The van der Waals surface area contributed by atoms with Crippen LogP contribution in [0.1, 0.15) is 58.9 Å². The molecule has 1 N–H and O–H groups in total. The quantitative estimate of drug-likeness (QED) is 0.833. The number of benzene rings is 1. The monoisotopic (exact) mass is 304 g/mol. The Kier molecular flexibility index (Phi) is 7.09. The van der Waals surface area contributed by atoms with Crippen LogP contribution in [0.3, 0.4) is 0 Å². The Morgan fingerprint density at radius 3 is 2.36 bits per heavy atom. The van der Waals surface area contributed by atoms with Gasteiger partial charge in [0, 0.05) is 31.6 Å². The number of hydrogen-bond acceptors (Lipinski definition) is 2. The van der Waals surface area contributed by atoms with Crippen LogP contribution in [0.4, 0.5) is 5.69 Å². The highest BCUT2D eigenvalue weighted by Gasteiger charge is 2.17. The zero-order valence-corrected chi connectivity index (χ0v) is 14.3. The number of carbonyl (C=O) groups is 2. The Morgan fingerprint density at radius 2 is 1.82 bits per heavy atom. The summed E-state index contributed by atoms with van der Waals surface area (Å²) in [6.45, 7) is 10.3. The Labute approximate surface area is 133 Å². The van der Waals surface area contributed by atoms with Gasteiger partial charge in [-0.15, -0.1) is 0 Å². The lowest BCUT2D eigenvalue weighted by Crippen LogP contribution is -2.38. The van der Waals surface area contributed by atoms with Gasteiger partial charge in [0.15, 0.2) is 0 Å². The summed E-state index contributed by atoms with van der Waals surface area (Å²) in [5, 5.41) is 2.97. The van der Waals surface area contributed by atoms with Crippen LogP contribution in [0.15, 0.2) is 24.3 Å². The summed E-state index contributed by atoms with van der Waals surface area (Å²) < 4.78 is 0. The molecule has 0 spiro atoms. The molecule has 4 heteroatoms. The Bertz CT molecular complexity index is 512. The lowest BCUT2D eigenvalue weighted by Gasteiger charge is -2.27. The minimum atomic E-state index is -0.0531. The van der Waals surface area contributed by atoms with Crippen molar-refractivity contribution in [3.8, 4) is 0 Å². The molecule has 0 aliphatic rings. The number of rotatable bonds is 7. The van der Waals surface area contributed by atoms with E-state index in [4.69, 9.17) is 0 Å². The van der Waals surface area contributed by atoms with Crippen LogP contribution in [-0.2, 0) is 9.59 Å². The Balaban J connectivity index is 2.65. The average Bonchev–Trinajstić information content (AvgIpc) is 2.47. The van der Waals surface area contributed by atoms with E-state index in [1.807, 2.05) is 38.1 Å². The van der Waals surface area contributed by atoms with Gasteiger partial charge in [0.2, 0.25) is 11.8 Å². The van der Waals surface area contributed by atoms with Gasteiger partial charge < -0.3 is 10.2 Å². The predicted octanol–water partition coefficient (Wildman–Crippen LogP) is 3.79. The maximum Gasteiger partial charge on any atom is 0.226 e. The molecule has 0 bridgehead atoms. The van der Waals surface area contributed by atoms with Crippen molar-refractivity contribution in [2.45, 2.75) is 59.4 Å². The van der Waals surface area contributed by atoms with Crippen LogP contribution in [-0.4, -0.2) is 29.3 Å². The van der Waals surface area contributed by atoms with E-state index >= 15 is 0 Å². The highest BCUT2D eigenvalue weighted by atomic mass is 16.2. The second-order valence-corrected chi connectivity index (χ2v) is 6.01. The van der Waals surface area contributed by atoms with Crippen LogP contribution in [0.25, 0.3) is 0 Å². The topological polar surface area (TPSA) is 49.4 Å². The summed E-state index contributed by atoms with van der Waals surface area (Å²) in [6, 6.07) is 8.01. The van der Waals surface area contributed by atoms with Crippen molar-refractivity contribution in [3.63, 3.8) is 0 Å². The molecule has 0 fully saturated rings. The van der Waals surface area contributed by atoms with Gasteiger partial charge in [-0.1, -0.05) is 39.0 Å². The second-order valence-electron chi connectivity index (χ2n) is 6.01. The molecular weight excluding hydrogens is 276 g/mol. The van der Waals surface area contributed by atoms with E-state index in [2.05, 4.69) is 19.2 Å². The third-order valence-corrected chi connectivity index (χ3v) is 3.96. The fourth-order valence-corrected chi connectivity index (χ4v) is 2.46. The highest BCUT2D eigenvalue weighted by molar-refractivity contribution is 5.92. The van der Waals surface area contributed by atoms with Gasteiger partial charge in [-0.05, 0) is 30.9 Å². The number of nitrogens with zero attached hydrogens (tertiary/aromatic N) is 1. The third kappa shape index (κ3) is 5.17. The van der Waals surface area contributed by atoms with Gasteiger partial charge in [0.05, 0.1) is 0 Å². The molecule has 1 atom stereocenters.